The van der Waals surface area contributed by atoms with Crippen molar-refractivity contribution in [1.29, 1.82) is 0 Å². The van der Waals surface area contributed by atoms with Crippen molar-refractivity contribution in [2.24, 2.45) is 0 Å². The molecule has 0 radical (unpaired) electrons. The molecule has 2 rings (SSSR count). The molecule has 2 aromatic rings. The van der Waals surface area contributed by atoms with Crippen LogP contribution in [0, 0.1) is 13.8 Å². The number of benzene rings is 2. The fourth-order valence-corrected chi connectivity index (χ4v) is 2.60. The zero-order chi connectivity index (χ0) is 14.5. The summed E-state index contributed by atoms with van der Waals surface area (Å²) < 4.78 is 8.00. The highest BCUT2D eigenvalue weighted by Crippen LogP contribution is 2.26. The van der Waals surface area contributed by atoms with E-state index in [1.54, 1.807) is 0 Å². The molecule has 0 aliphatic heterocycles. The van der Waals surface area contributed by atoms with Gasteiger partial charge in [-0.1, -0.05) is 28.1 Å². The fourth-order valence-electron chi connectivity index (χ4n) is 1.95. The predicted octanol–water partition coefficient (Wildman–Crippen LogP) is 5.32. The Morgan fingerprint density at radius 3 is 2.35 bits per heavy atom. The topological polar surface area (TPSA) is 21.3 Å². The third-order valence-corrected chi connectivity index (χ3v) is 4.91. The lowest BCUT2D eigenvalue weighted by molar-refractivity contribution is 0.332. The van der Waals surface area contributed by atoms with E-state index in [1.165, 1.54) is 11.1 Å². The van der Waals surface area contributed by atoms with Crippen LogP contribution >= 0.6 is 31.9 Å². The molecule has 0 aliphatic rings. The Morgan fingerprint density at radius 1 is 1.05 bits per heavy atom. The Hall–Kier alpha value is -1.000. The zero-order valence-electron chi connectivity index (χ0n) is 11.5. The van der Waals surface area contributed by atoms with Crippen LogP contribution in [-0.2, 0) is 0 Å². The van der Waals surface area contributed by atoms with Crippen molar-refractivity contribution in [3.63, 3.8) is 0 Å². The number of rotatable bonds is 5. The maximum absolute atomic E-state index is 5.79. The molecular weight excluding hydrogens is 382 g/mol. The minimum Gasteiger partial charge on any atom is -0.492 e. The van der Waals surface area contributed by atoms with E-state index in [1.807, 2.05) is 24.3 Å². The summed E-state index contributed by atoms with van der Waals surface area (Å²) in [6.07, 6.45) is 0. The minimum atomic E-state index is 0.627. The van der Waals surface area contributed by atoms with Gasteiger partial charge >= 0.3 is 0 Å². The standard InChI is InChI=1S/C16H17Br2NO/c1-11-9-13(10-12(2)16(11)18)20-8-7-19-15-6-4-3-5-14(15)17/h3-6,9-10,19H,7-8H2,1-2H3. The highest BCUT2D eigenvalue weighted by Gasteiger charge is 2.03. The first-order chi connectivity index (χ1) is 9.58. The molecule has 0 aliphatic carbocycles. The molecule has 0 amide bonds. The average Bonchev–Trinajstić information content (AvgIpc) is 2.42. The van der Waals surface area contributed by atoms with Gasteiger partial charge in [0.05, 0.1) is 0 Å². The second-order valence-electron chi connectivity index (χ2n) is 4.63. The van der Waals surface area contributed by atoms with Crippen LogP contribution in [0.25, 0.3) is 0 Å². The summed E-state index contributed by atoms with van der Waals surface area (Å²) in [5.74, 6) is 0.914. The molecule has 106 valence electrons. The van der Waals surface area contributed by atoms with E-state index in [2.05, 4.69) is 63.2 Å². The van der Waals surface area contributed by atoms with E-state index < -0.39 is 0 Å². The molecule has 20 heavy (non-hydrogen) atoms. The second-order valence-corrected chi connectivity index (χ2v) is 6.27. The second kappa shape index (κ2) is 7.14. The molecule has 2 nitrogen and oxygen atoms in total. The molecule has 0 bridgehead atoms. The molecule has 0 unspecified atom stereocenters. The first-order valence-electron chi connectivity index (χ1n) is 6.46. The quantitative estimate of drug-likeness (QED) is 0.688. The summed E-state index contributed by atoms with van der Waals surface area (Å²) in [7, 11) is 0. The normalized spacial score (nSPS) is 10.4. The van der Waals surface area contributed by atoms with Gasteiger partial charge in [0.25, 0.3) is 0 Å². The van der Waals surface area contributed by atoms with Crippen LogP contribution in [-0.4, -0.2) is 13.2 Å². The van der Waals surface area contributed by atoms with Crippen molar-refractivity contribution in [2.75, 3.05) is 18.5 Å². The number of para-hydroxylation sites is 1. The number of ether oxygens (including phenoxy) is 1. The van der Waals surface area contributed by atoms with Gasteiger partial charge in [-0.3, -0.25) is 0 Å². The van der Waals surface area contributed by atoms with Crippen LogP contribution in [0.2, 0.25) is 0 Å². The Labute approximate surface area is 136 Å². The van der Waals surface area contributed by atoms with Crippen LogP contribution in [0.15, 0.2) is 45.3 Å². The van der Waals surface area contributed by atoms with Gasteiger partial charge in [-0.2, -0.15) is 0 Å². The van der Waals surface area contributed by atoms with Gasteiger partial charge in [0.1, 0.15) is 12.4 Å². The average molecular weight is 399 g/mol. The van der Waals surface area contributed by atoms with E-state index in [4.69, 9.17) is 4.74 Å². The lowest BCUT2D eigenvalue weighted by Crippen LogP contribution is -2.11. The number of hydrogen-bond acceptors (Lipinski definition) is 2. The van der Waals surface area contributed by atoms with Gasteiger partial charge in [0.2, 0.25) is 0 Å². The highest BCUT2D eigenvalue weighted by atomic mass is 79.9. The third-order valence-electron chi connectivity index (χ3n) is 2.97. The third kappa shape index (κ3) is 4.00. The number of aryl methyl sites for hydroxylation is 2. The Balaban J connectivity index is 1.86. The van der Waals surface area contributed by atoms with Crippen LogP contribution in [0.4, 0.5) is 5.69 Å². The number of anilines is 1. The highest BCUT2D eigenvalue weighted by molar-refractivity contribution is 9.11. The summed E-state index contributed by atoms with van der Waals surface area (Å²) in [4.78, 5) is 0. The van der Waals surface area contributed by atoms with Crippen molar-refractivity contribution in [2.45, 2.75) is 13.8 Å². The van der Waals surface area contributed by atoms with E-state index in [0.29, 0.717) is 6.61 Å². The van der Waals surface area contributed by atoms with Gasteiger partial charge in [-0.15, -0.1) is 0 Å². The Kier molecular flexibility index (Phi) is 5.49. The predicted molar refractivity (Wildman–Crippen MR) is 91.7 cm³/mol. The largest absolute Gasteiger partial charge is 0.492 e. The molecule has 0 atom stereocenters. The number of hydrogen-bond donors (Lipinski definition) is 1. The van der Waals surface area contributed by atoms with E-state index in [0.717, 1.165) is 26.9 Å². The molecule has 2 aromatic carbocycles. The van der Waals surface area contributed by atoms with E-state index >= 15 is 0 Å². The van der Waals surface area contributed by atoms with Crippen LogP contribution in [0.3, 0.4) is 0 Å². The molecule has 0 aromatic heterocycles. The maximum Gasteiger partial charge on any atom is 0.119 e. The lowest BCUT2D eigenvalue weighted by Gasteiger charge is -2.12. The first kappa shape index (κ1) is 15.4. The summed E-state index contributed by atoms with van der Waals surface area (Å²) in [5, 5.41) is 3.34. The smallest absolute Gasteiger partial charge is 0.119 e. The molecule has 0 saturated carbocycles. The van der Waals surface area contributed by atoms with Crippen molar-refractivity contribution >= 4 is 37.5 Å². The zero-order valence-corrected chi connectivity index (χ0v) is 14.7. The molecule has 0 fully saturated rings. The summed E-state index contributed by atoms with van der Waals surface area (Å²) in [6.45, 7) is 5.53. The van der Waals surface area contributed by atoms with Crippen molar-refractivity contribution in [3.8, 4) is 5.75 Å². The summed E-state index contributed by atoms with van der Waals surface area (Å²) >= 11 is 7.07. The molecule has 0 saturated heterocycles. The Bertz CT molecular complexity index is 576. The first-order valence-corrected chi connectivity index (χ1v) is 8.04. The van der Waals surface area contributed by atoms with Crippen LogP contribution in [0.5, 0.6) is 5.75 Å². The molecule has 4 heteroatoms. The molecule has 0 spiro atoms. The molecule has 1 N–H and O–H groups in total. The van der Waals surface area contributed by atoms with Gasteiger partial charge < -0.3 is 10.1 Å². The van der Waals surface area contributed by atoms with Gasteiger partial charge in [-0.05, 0) is 65.2 Å². The van der Waals surface area contributed by atoms with Crippen molar-refractivity contribution in [1.82, 2.24) is 0 Å². The van der Waals surface area contributed by atoms with Gasteiger partial charge in [-0.25, -0.2) is 0 Å². The number of halogens is 2. The SMILES string of the molecule is Cc1cc(OCCNc2ccccc2Br)cc(C)c1Br. The summed E-state index contributed by atoms with van der Waals surface area (Å²) in [6, 6.07) is 12.2. The fraction of sp³-hybridized carbons (Fsp3) is 0.250. The van der Waals surface area contributed by atoms with Crippen LogP contribution in [0.1, 0.15) is 11.1 Å². The van der Waals surface area contributed by atoms with Crippen LogP contribution < -0.4 is 10.1 Å². The monoisotopic (exact) mass is 397 g/mol. The number of nitrogens with one attached hydrogen (secondary N) is 1. The lowest BCUT2D eigenvalue weighted by atomic mass is 10.1. The van der Waals surface area contributed by atoms with Gasteiger partial charge in [0, 0.05) is 21.2 Å². The van der Waals surface area contributed by atoms with E-state index in [9.17, 15) is 0 Å². The van der Waals surface area contributed by atoms with Crippen molar-refractivity contribution in [3.05, 3.63) is 56.5 Å². The van der Waals surface area contributed by atoms with E-state index in [-0.39, 0.29) is 0 Å². The molecule has 0 heterocycles. The summed E-state index contributed by atoms with van der Waals surface area (Å²) in [5.41, 5.74) is 3.47. The minimum absolute atomic E-state index is 0.627. The molecular formula is C16H17Br2NO. The maximum atomic E-state index is 5.79. The Morgan fingerprint density at radius 2 is 1.70 bits per heavy atom. The van der Waals surface area contributed by atoms with Gasteiger partial charge in [0.15, 0.2) is 0 Å². The van der Waals surface area contributed by atoms with Crippen molar-refractivity contribution < 1.29 is 4.74 Å².